The average molecular weight is 425 g/mol. The molecule has 0 saturated carbocycles. The molecule has 0 unspecified atom stereocenters. The minimum atomic E-state index is -3.68. The number of fused-ring (bicyclic) bond motifs is 1. The second-order valence-electron chi connectivity index (χ2n) is 7.86. The van der Waals surface area contributed by atoms with Gasteiger partial charge in [-0.1, -0.05) is 42.5 Å². The van der Waals surface area contributed by atoms with Crippen molar-refractivity contribution < 1.29 is 13.2 Å². The van der Waals surface area contributed by atoms with E-state index in [-0.39, 0.29) is 6.04 Å². The molecule has 30 heavy (non-hydrogen) atoms. The number of nitrogens with one attached hydrogen (secondary N) is 1. The highest BCUT2D eigenvalue weighted by atomic mass is 32.2. The van der Waals surface area contributed by atoms with Gasteiger partial charge in [-0.15, -0.1) is 0 Å². The quantitative estimate of drug-likeness (QED) is 0.647. The molecular weight excluding hydrogens is 396 g/mol. The molecule has 0 bridgehead atoms. The Kier molecular flexibility index (Phi) is 6.09. The van der Waals surface area contributed by atoms with E-state index in [9.17, 15) is 8.42 Å². The highest BCUT2D eigenvalue weighted by Gasteiger charge is 2.33. The number of methoxy groups -OCH3 is 1. The summed E-state index contributed by atoms with van der Waals surface area (Å²) in [7, 11) is -2.05. The number of sulfonamides is 1. The van der Waals surface area contributed by atoms with Crippen LogP contribution in [0.2, 0.25) is 0 Å². The zero-order valence-corrected chi connectivity index (χ0v) is 18.3. The molecule has 0 atom stereocenters. The van der Waals surface area contributed by atoms with Gasteiger partial charge in [0.05, 0.1) is 12.0 Å². The first-order valence-corrected chi connectivity index (χ1v) is 11.8. The molecule has 0 radical (unpaired) electrons. The van der Waals surface area contributed by atoms with Gasteiger partial charge in [-0.3, -0.25) is 0 Å². The molecule has 0 aliphatic carbocycles. The third-order valence-electron chi connectivity index (χ3n) is 5.81. The van der Waals surface area contributed by atoms with Crippen LogP contribution in [-0.4, -0.2) is 39.0 Å². The largest absolute Gasteiger partial charge is 0.496 e. The minimum Gasteiger partial charge on any atom is -0.496 e. The van der Waals surface area contributed by atoms with E-state index in [1.54, 1.807) is 23.5 Å². The third-order valence-corrected chi connectivity index (χ3v) is 7.71. The molecule has 1 N–H and O–H groups in total. The predicted octanol–water partition coefficient (Wildman–Crippen LogP) is 4.10. The molecule has 0 aromatic heterocycles. The predicted molar refractivity (Wildman–Crippen MR) is 120 cm³/mol. The molecule has 1 fully saturated rings. The summed E-state index contributed by atoms with van der Waals surface area (Å²) in [6.07, 6.45) is 1.59. The fourth-order valence-corrected chi connectivity index (χ4v) is 5.82. The van der Waals surface area contributed by atoms with E-state index < -0.39 is 10.0 Å². The standard InChI is InChI=1S/C24H28N2O3S/c1-18-7-8-21(24(15-18)29-2)17-26(22-11-13-25-14-12-22)30(27,28)23-10-9-19-5-3-4-6-20(19)16-23/h3-10,15-16,22,25H,11-14,17H2,1-2H3. The van der Waals surface area contributed by atoms with Crippen molar-refractivity contribution >= 4 is 20.8 Å². The Balaban J connectivity index is 1.76. The number of aryl methyl sites for hydroxylation is 1. The van der Waals surface area contributed by atoms with Gasteiger partial charge in [0.2, 0.25) is 10.0 Å². The van der Waals surface area contributed by atoms with Crippen molar-refractivity contribution in [2.45, 2.75) is 37.2 Å². The highest BCUT2D eigenvalue weighted by Crippen LogP contribution is 2.30. The van der Waals surface area contributed by atoms with Crippen molar-refractivity contribution in [1.82, 2.24) is 9.62 Å². The van der Waals surface area contributed by atoms with Gasteiger partial charge >= 0.3 is 0 Å². The van der Waals surface area contributed by atoms with Gasteiger partial charge in [0.1, 0.15) is 5.75 Å². The lowest BCUT2D eigenvalue weighted by atomic mass is 10.1. The lowest BCUT2D eigenvalue weighted by Gasteiger charge is -2.34. The number of nitrogens with zero attached hydrogens (tertiary/aromatic N) is 1. The van der Waals surface area contributed by atoms with Crippen LogP contribution < -0.4 is 10.1 Å². The summed E-state index contributed by atoms with van der Waals surface area (Å²) in [5.41, 5.74) is 1.97. The first-order chi connectivity index (χ1) is 14.5. The third kappa shape index (κ3) is 4.21. The van der Waals surface area contributed by atoms with E-state index in [2.05, 4.69) is 5.32 Å². The second-order valence-corrected chi connectivity index (χ2v) is 9.75. The van der Waals surface area contributed by atoms with Gasteiger partial charge < -0.3 is 10.1 Å². The Morgan fingerprint density at radius 3 is 2.47 bits per heavy atom. The van der Waals surface area contributed by atoms with Gasteiger partial charge in [-0.05, 0) is 67.4 Å². The molecule has 158 valence electrons. The van der Waals surface area contributed by atoms with E-state index in [0.717, 1.165) is 53.6 Å². The van der Waals surface area contributed by atoms with Crippen LogP contribution in [0.5, 0.6) is 5.75 Å². The van der Waals surface area contributed by atoms with Crippen LogP contribution in [0.25, 0.3) is 10.8 Å². The molecule has 3 aromatic carbocycles. The Morgan fingerprint density at radius 1 is 1.00 bits per heavy atom. The maximum atomic E-state index is 13.8. The number of hydrogen-bond acceptors (Lipinski definition) is 4. The van der Waals surface area contributed by atoms with Gasteiger partial charge in [0, 0.05) is 18.2 Å². The van der Waals surface area contributed by atoms with Gasteiger partial charge in [-0.2, -0.15) is 4.31 Å². The molecular formula is C24H28N2O3S. The van der Waals surface area contributed by atoms with Gasteiger partial charge in [0.15, 0.2) is 0 Å². The van der Waals surface area contributed by atoms with Crippen LogP contribution >= 0.6 is 0 Å². The summed E-state index contributed by atoms with van der Waals surface area (Å²) in [4.78, 5) is 0.339. The normalized spacial score (nSPS) is 15.6. The summed E-state index contributed by atoms with van der Waals surface area (Å²) in [6, 6.07) is 19.1. The van der Waals surface area contributed by atoms with E-state index in [1.165, 1.54) is 0 Å². The summed E-state index contributed by atoms with van der Waals surface area (Å²) in [5.74, 6) is 0.725. The Hall–Kier alpha value is -2.41. The molecule has 1 saturated heterocycles. The number of hydrogen-bond donors (Lipinski definition) is 1. The highest BCUT2D eigenvalue weighted by molar-refractivity contribution is 7.89. The summed E-state index contributed by atoms with van der Waals surface area (Å²) >= 11 is 0. The van der Waals surface area contributed by atoms with Crippen LogP contribution in [0, 0.1) is 6.92 Å². The molecule has 5 nitrogen and oxygen atoms in total. The van der Waals surface area contributed by atoms with Crippen LogP contribution in [-0.2, 0) is 16.6 Å². The summed E-state index contributed by atoms with van der Waals surface area (Å²) < 4.78 is 34.9. The van der Waals surface area contributed by atoms with Crippen molar-refractivity contribution in [3.05, 3.63) is 71.8 Å². The number of benzene rings is 3. The first kappa shape index (κ1) is 20.8. The molecule has 0 spiro atoms. The van der Waals surface area contributed by atoms with E-state index in [0.29, 0.717) is 11.4 Å². The van der Waals surface area contributed by atoms with Gasteiger partial charge in [0.25, 0.3) is 0 Å². The monoisotopic (exact) mass is 424 g/mol. The fraction of sp³-hybridized carbons (Fsp3) is 0.333. The second kappa shape index (κ2) is 8.76. The number of ether oxygens (including phenoxy) is 1. The lowest BCUT2D eigenvalue weighted by Crippen LogP contribution is -2.45. The van der Waals surface area contributed by atoms with Crippen LogP contribution in [0.4, 0.5) is 0 Å². The fourth-order valence-electron chi connectivity index (χ4n) is 4.12. The molecule has 1 aliphatic rings. The summed E-state index contributed by atoms with van der Waals surface area (Å²) in [5, 5.41) is 5.29. The van der Waals surface area contributed by atoms with Crippen molar-refractivity contribution in [3.63, 3.8) is 0 Å². The zero-order chi connectivity index (χ0) is 21.1. The number of piperidine rings is 1. The van der Waals surface area contributed by atoms with E-state index in [1.807, 2.05) is 55.5 Å². The SMILES string of the molecule is COc1cc(C)ccc1CN(C1CCNCC1)S(=O)(=O)c1ccc2ccccc2c1. The summed E-state index contributed by atoms with van der Waals surface area (Å²) in [6.45, 7) is 3.94. The van der Waals surface area contributed by atoms with Crippen molar-refractivity contribution in [1.29, 1.82) is 0 Å². The first-order valence-electron chi connectivity index (χ1n) is 10.3. The van der Waals surface area contributed by atoms with Crippen molar-refractivity contribution in [2.24, 2.45) is 0 Å². The minimum absolute atomic E-state index is 0.0475. The van der Waals surface area contributed by atoms with E-state index >= 15 is 0 Å². The van der Waals surface area contributed by atoms with Crippen LogP contribution in [0.1, 0.15) is 24.0 Å². The van der Waals surface area contributed by atoms with E-state index in [4.69, 9.17) is 4.74 Å². The lowest BCUT2D eigenvalue weighted by molar-refractivity contribution is 0.254. The van der Waals surface area contributed by atoms with Crippen LogP contribution in [0.3, 0.4) is 0 Å². The van der Waals surface area contributed by atoms with Crippen LogP contribution in [0.15, 0.2) is 65.6 Å². The number of rotatable bonds is 6. The molecule has 1 aliphatic heterocycles. The average Bonchev–Trinajstić information content (AvgIpc) is 2.78. The zero-order valence-electron chi connectivity index (χ0n) is 17.5. The Bertz CT molecular complexity index is 1140. The Labute approximate surface area is 178 Å². The molecule has 4 rings (SSSR count). The molecule has 1 heterocycles. The smallest absolute Gasteiger partial charge is 0.243 e. The molecule has 6 heteroatoms. The molecule has 0 amide bonds. The topological polar surface area (TPSA) is 58.6 Å². The van der Waals surface area contributed by atoms with Crippen molar-refractivity contribution in [2.75, 3.05) is 20.2 Å². The maximum absolute atomic E-state index is 13.8. The molecule has 3 aromatic rings. The van der Waals surface area contributed by atoms with Crippen molar-refractivity contribution in [3.8, 4) is 5.75 Å². The maximum Gasteiger partial charge on any atom is 0.243 e. The Morgan fingerprint density at radius 2 is 1.73 bits per heavy atom. The van der Waals surface area contributed by atoms with Gasteiger partial charge in [-0.25, -0.2) is 8.42 Å².